The lowest BCUT2D eigenvalue weighted by atomic mass is 9.96. The summed E-state index contributed by atoms with van der Waals surface area (Å²) in [5.74, 6) is 1.59. The maximum Gasteiger partial charge on any atom is 0.308 e. The maximum absolute atomic E-state index is 13.7. The van der Waals surface area contributed by atoms with Crippen molar-refractivity contribution in [1.29, 1.82) is 0 Å². The van der Waals surface area contributed by atoms with Crippen LogP contribution in [-0.4, -0.2) is 35.6 Å². The first-order valence-corrected chi connectivity index (χ1v) is 13.3. The molecular formula is C30H30BrN3O5. The molecule has 0 aliphatic heterocycles. The Morgan fingerprint density at radius 3 is 2.54 bits per heavy atom. The van der Waals surface area contributed by atoms with Crippen LogP contribution in [0.1, 0.15) is 50.3 Å². The van der Waals surface area contributed by atoms with Crippen molar-refractivity contribution in [3.8, 4) is 28.6 Å². The second-order valence-corrected chi connectivity index (χ2v) is 10.1. The fourth-order valence-electron chi connectivity index (χ4n) is 4.24. The van der Waals surface area contributed by atoms with Crippen molar-refractivity contribution in [2.75, 3.05) is 13.7 Å². The van der Waals surface area contributed by atoms with Crippen LogP contribution < -0.4 is 19.8 Å². The molecule has 0 spiro atoms. The maximum atomic E-state index is 13.7. The molecule has 1 heterocycles. The predicted molar refractivity (Wildman–Crippen MR) is 156 cm³/mol. The number of nitrogens with zero attached hydrogens (tertiary/aromatic N) is 3. The summed E-state index contributed by atoms with van der Waals surface area (Å²) in [5, 5.41) is 5.06. The average Bonchev–Trinajstić information content (AvgIpc) is 2.89. The number of fused-ring (bicyclic) bond motifs is 1. The smallest absolute Gasteiger partial charge is 0.308 e. The van der Waals surface area contributed by atoms with Gasteiger partial charge in [-0.3, -0.25) is 9.59 Å². The second-order valence-electron chi connectivity index (χ2n) is 9.22. The van der Waals surface area contributed by atoms with Gasteiger partial charge in [0.05, 0.1) is 30.8 Å². The zero-order valence-electron chi connectivity index (χ0n) is 22.7. The molecule has 1 aromatic heterocycles. The monoisotopic (exact) mass is 591 g/mol. The summed E-state index contributed by atoms with van der Waals surface area (Å²) in [6, 6.07) is 14.5. The Labute approximate surface area is 235 Å². The van der Waals surface area contributed by atoms with Crippen LogP contribution in [0.2, 0.25) is 0 Å². The highest BCUT2D eigenvalue weighted by atomic mass is 79.9. The fraction of sp³-hybridized carbons (Fsp3) is 0.267. The van der Waals surface area contributed by atoms with Crippen LogP contribution in [0.3, 0.4) is 0 Å². The van der Waals surface area contributed by atoms with Crippen LogP contribution in [0.4, 0.5) is 0 Å². The number of carbonyl (C=O) groups excluding carboxylic acids is 1. The van der Waals surface area contributed by atoms with Crippen LogP contribution in [0, 0.1) is 6.92 Å². The predicted octanol–water partition coefficient (Wildman–Crippen LogP) is 6.47. The van der Waals surface area contributed by atoms with E-state index in [0.29, 0.717) is 39.1 Å². The Kier molecular flexibility index (Phi) is 8.50. The molecule has 4 aromatic rings. The molecule has 39 heavy (non-hydrogen) atoms. The van der Waals surface area contributed by atoms with Gasteiger partial charge >= 0.3 is 5.97 Å². The van der Waals surface area contributed by atoms with Gasteiger partial charge in [0.2, 0.25) is 0 Å². The molecule has 8 nitrogen and oxygen atoms in total. The van der Waals surface area contributed by atoms with E-state index < -0.39 is 5.97 Å². The van der Waals surface area contributed by atoms with E-state index in [9.17, 15) is 9.59 Å². The van der Waals surface area contributed by atoms with E-state index in [1.54, 1.807) is 37.6 Å². The molecule has 0 amide bonds. The fourth-order valence-corrected chi connectivity index (χ4v) is 4.67. The minimum absolute atomic E-state index is 0.187. The Morgan fingerprint density at radius 1 is 1.13 bits per heavy atom. The van der Waals surface area contributed by atoms with Crippen molar-refractivity contribution in [3.05, 3.63) is 80.0 Å². The summed E-state index contributed by atoms with van der Waals surface area (Å²) in [6.45, 7) is 9.66. The Bertz CT molecular complexity index is 1640. The molecule has 3 aromatic carbocycles. The summed E-state index contributed by atoms with van der Waals surface area (Å²) >= 11 is 3.52. The molecule has 9 heteroatoms. The molecule has 0 aliphatic rings. The number of aromatic nitrogens is 2. The summed E-state index contributed by atoms with van der Waals surface area (Å²) in [6.07, 6.45) is 1.55. The number of hydrogen-bond donors (Lipinski definition) is 0. The van der Waals surface area contributed by atoms with Gasteiger partial charge in [-0.25, -0.2) is 4.98 Å². The van der Waals surface area contributed by atoms with Gasteiger partial charge < -0.3 is 14.2 Å². The number of halogens is 1. The quantitative estimate of drug-likeness (QED) is 0.132. The topological polar surface area (TPSA) is 92.0 Å². The van der Waals surface area contributed by atoms with Crippen molar-refractivity contribution in [1.82, 2.24) is 9.66 Å². The van der Waals surface area contributed by atoms with E-state index in [1.807, 2.05) is 38.1 Å². The number of carbonyl (C=O) groups is 1. The minimum atomic E-state index is -0.460. The van der Waals surface area contributed by atoms with Crippen molar-refractivity contribution in [2.45, 2.75) is 40.5 Å². The summed E-state index contributed by atoms with van der Waals surface area (Å²) in [5.41, 5.74) is 3.57. The zero-order chi connectivity index (χ0) is 28.3. The van der Waals surface area contributed by atoms with E-state index in [2.05, 4.69) is 34.9 Å². The van der Waals surface area contributed by atoms with Gasteiger partial charge in [-0.05, 0) is 83.2 Å². The van der Waals surface area contributed by atoms with Gasteiger partial charge in [-0.15, -0.1) is 0 Å². The first kappa shape index (κ1) is 28.0. The van der Waals surface area contributed by atoms with Gasteiger partial charge in [0, 0.05) is 22.5 Å². The minimum Gasteiger partial charge on any atom is -0.496 e. The molecule has 0 N–H and O–H groups in total. The number of methoxy groups -OCH3 is 1. The molecule has 0 radical (unpaired) electrons. The van der Waals surface area contributed by atoms with Gasteiger partial charge in [0.15, 0.2) is 17.3 Å². The molecule has 0 unspecified atom stereocenters. The number of para-hydroxylation sites is 1. The third kappa shape index (κ3) is 5.88. The first-order valence-electron chi connectivity index (χ1n) is 12.5. The van der Waals surface area contributed by atoms with Gasteiger partial charge in [0.25, 0.3) is 5.56 Å². The van der Waals surface area contributed by atoms with E-state index in [4.69, 9.17) is 19.2 Å². The number of hydrogen-bond acceptors (Lipinski definition) is 7. The van der Waals surface area contributed by atoms with E-state index >= 15 is 0 Å². The zero-order valence-corrected chi connectivity index (χ0v) is 24.3. The number of ether oxygens (including phenoxy) is 3. The largest absolute Gasteiger partial charge is 0.496 e. The standard InChI is InChI=1S/C30H30BrN3O5/c1-7-38-27-13-20(24(31)15-28(27)39-19(5)35)16-32-34-29(33-25-11-9-8-10-21(25)30(34)36)23-14-22(17(2)3)26(37-6)12-18(23)4/h8-17H,7H2,1-6H3. The van der Waals surface area contributed by atoms with Crippen molar-refractivity contribution in [2.24, 2.45) is 5.10 Å². The lowest BCUT2D eigenvalue weighted by molar-refractivity contribution is -0.132. The van der Waals surface area contributed by atoms with Crippen molar-refractivity contribution >= 4 is 39.0 Å². The Hall–Kier alpha value is -3.98. The Morgan fingerprint density at radius 2 is 1.87 bits per heavy atom. The summed E-state index contributed by atoms with van der Waals surface area (Å²) < 4.78 is 18.5. The highest BCUT2D eigenvalue weighted by molar-refractivity contribution is 9.10. The van der Waals surface area contributed by atoms with Crippen LogP contribution in [0.25, 0.3) is 22.3 Å². The molecule has 0 saturated heterocycles. The first-order chi connectivity index (χ1) is 18.6. The molecule has 4 rings (SSSR count). The van der Waals surface area contributed by atoms with E-state index in [1.165, 1.54) is 11.6 Å². The van der Waals surface area contributed by atoms with Crippen LogP contribution in [0.15, 0.2) is 62.9 Å². The highest BCUT2D eigenvalue weighted by Crippen LogP contribution is 2.35. The lowest BCUT2D eigenvalue weighted by Crippen LogP contribution is -2.21. The van der Waals surface area contributed by atoms with Crippen molar-refractivity contribution in [3.63, 3.8) is 0 Å². The SMILES string of the molecule is CCOc1cc(C=Nn2c(-c3cc(C(C)C)c(OC)cc3C)nc3ccccc3c2=O)c(Br)cc1OC(C)=O. The number of rotatable bonds is 8. The number of esters is 1. The van der Waals surface area contributed by atoms with Crippen LogP contribution >= 0.6 is 15.9 Å². The molecule has 202 valence electrons. The lowest BCUT2D eigenvalue weighted by Gasteiger charge is -2.17. The van der Waals surface area contributed by atoms with Gasteiger partial charge in [0.1, 0.15) is 5.75 Å². The van der Waals surface area contributed by atoms with Crippen LogP contribution in [-0.2, 0) is 4.79 Å². The molecule has 0 saturated carbocycles. The van der Waals surface area contributed by atoms with Crippen LogP contribution in [0.5, 0.6) is 17.2 Å². The normalized spacial score (nSPS) is 11.4. The second kappa shape index (κ2) is 11.8. The third-order valence-corrected chi connectivity index (χ3v) is 6.81. The highest BCUT2D eigenvalue weighted by Gasteiger charge is 2.19. The molecule has 0 fully saturated rings. The van der Waals surface area contributed by atoms with Gasteiger partial charge in [-0.2, -0.15) is 9.78 Å². The summed E-state index contributed by atoms with van der Waals surface area (Å²) in [7, 11) is 1.65. The number of benzene rings is 3. The third-order valence-electron chi connectivity index (χ3n) is 6.12. The van der Waals surface area contributed by atoms with Crippen molar-refractivity contribution < 1.29 is 19.0 Å². The number of aryl methyl sites for hydroxylation is 1. The Balaban J connectivity index is 1.94. The van der Waals surface area contributed by atoms with Gasteiger partial charge in [-0.1, -0.05) is 26.0 Å². The van der Waals surface area contributed by atoms with E-state index in [0.717, 1.165) is 22.4 Å². The average molecular weight is 592 g/mol. The molecule has 0 atom stereocenters. The molecule has 0 bridgehead atoms. The van der Waals surface area contributed by atoms with E-state index in [-0.39, 0.29) is 17.2 Å². The summed E-state index contributed by atoms with van der Waals surface area (Å²) in [4.78, 5) is 30.1. The molecule has 0 aliphatic carbocycles. The molecular weight excluding hydrogens is 562 g/mol.